The Morgan fingerprint density at radius 3 is 2.61 bits per heavy atom. The molecule has 150 valence electrons. The van der Waals surface area contributed by atoms with Crippen LogP contribution in [-0.4, -0.2) is 32.8 Å². The molecule has 1 unspecified atom stereocenters. The number of rotatable bonds is 7. The van der Waals surface area contributed by atoms with Crippen molar-refractivity contribution in [3.8, 4) is 17.2 Å². The molecule has 0 bridgehead atoms. The van der Waals surface area contributed by atoms with Crippen LogP contribution in [0, 0.1) is 0 Å². The first kappa shape index (κ1) is 19.9. The highest BCUT2D eigenvalue weighted by atomic mass is 16.5. The molecular weight excluding hydrogens is 354 g/mol. The van der Waals surface area contributed by atoms with Crippen LogP contribution >= 0.6 is 0 Å². The highest BCUT2D eigenvalue weighted by Crippen LogP contribution is 2.35. The fourth-order valence-electron chi connectivity index (χ4n) is 3.24. The number of hydrogen-bond acceptors (Lipinski definition) is 4. The summed E-state index contributed by atoms with van der Waals surface area (Å²) in [4.78, 5) is 4.31. The third-order valence-electron chi connectivity index (χ3n) is 4.67. The van der Waals surface area contributed by atoms with E-state index in [1.54, 1.807) is 14.2 Å². The van der Waals surface area contributed by atoms with E-state index in [0.717, 1.165) is 40.8 Å². The Labute approximate surface area is 166 Å². The van der Waals surface area contributed by atoms with Crippen molar-refractivity contribution in [1.82, 2.24) is 10.6 Å². The van der Waals surface area contributed by atoms with Crippen molar-refractivity contribution in [2.45, 2.75) is 39.5 Å². The molecule has 0 spiro atoms. The van der Waals surface area contributed by atoms with Gasteiger partial charge in [-0.25, -0.2) is 0 Å². The highest BCUT2D eigenvalue weighted by Gasteiger charge is 2.21. The minimum atomic E-state index is 0.214. The molecule has 1 aliphatic rings. The molecule has 0 aliphatic carbocycles. The Bertz CT molecular complexity index is 819. The monoisotopic (exact) mass is 383 g/mol. The van der Waals surface area contributed by atoms with Gasteiger partial charge in [-0.2, -0.15) is 0 Å². The van der Waals surface area contributed by atoms with E-state index in [4.69, 9.17) is 14.2 Å². The Morgan fingerprint density at radius 1 is 1.18 bits per heavy atom. The zero-order valence-electron chi connectivity index (χ0n) is 17.0. The van der Waals surface area contributed by atoms with Gasteiger partial charge in [-0.05, 0) is 43.7 Å². The predicted molar refractivity (Wildman–Crippen MR) is 111 cm³/mol. The van der Waals surface area contributed by atoms with Crippen LogP contribution in [0.5, 0.6) is 17.2 Å². The minimum absolute atomic E-state index is 0.214. The lowest BCUT2D eigenvalue weighted by atomic mass is 10.1. The van der Waals surface area contributed by atoms with Crippen LogP contribution in [-0.2, 0) is 19.5 Å². The molecule has 0 saturated carbocycles. The summed E-state index contributed by atoms with van der Waals surface area (Å²) < 4.78 is 16.9. The fourth-order valence-corrected chi connectivity index (χ4v) is 3.24. The molecule has 0 radical (unpaired) electrons. The SMILES string of the molecule is CCOc1cc2c(cc1CNC(=NC)NCc1ccc(OC)cc1)OC(C)C2. The fraction of sp³-hybridized carbons (Fsp3) is 0.409. The Kier molecular flexibility index (Phi) is 6.63. The van der Waals surface area contributed by atoms with E-state index in [1.165, 1.54) is 5.56 Å². The summed E-state index contributed by atoms with van der Waals surface area (Å²) in [6.45, 7) is 5.99. The van der Waals surface area contributed by atoms with Gasteiger partial charge in [0, 0.05) is 37.7 Å². The van der Waals surface area contributed by atoms with Crippen LogP contribution in [0.4, 0.5) is 0 Å². The number of fused-ring (bicyclic) bond motifs is 1. The van der Waals surface area contributed by atoms with Crippen LogP contribution in [0.15, 0.2) is 41.4 Å². The number of methoxy groups -OCH3 is 1. The molecule has 28 heavy (non-hydrogen) atoms. The molecule has 0 saturated heterocycles. The summed E-state index contributed by atoms with van der Waals surface area (Å²) in [5, 5.41) is 6.69. The van der Waals surface area contributed by atoms with E-state index in [0.29, 0.717) is 19.7 Å². The Hall–Kier alpha value is -2.89. The highest BCUT2D eigenvalue weighted by molar-refractivity contribution is 5.79. The molecule has 6 nitrogen and oxygen atoms in total. The van der Waals surface area contributed by atoms with Crippen LogP contribution in [0.3, 0.4) is 0 Å². The number of benzene rings is 2. The summed E-state index contributed by atoms with van der Waals surface area (Å²) in [6, 6.07) is 12.2. The Morgan fingerprint density at radius 2 is 1.93 bits per heavy atom. The lowest BCUT2D eigenvalue weighted by molar-refractivity contribution is 0.254. The molecule has 2 aromatic rings. The number of hydrogen-bond donors (Lipinski definition) is 2. The first-order valence-electron chi connectivity index (χ1n) is 9.65. The maximum absolute atomic E-state index is 5.90. The van der Waals surface area contributed by atoms with E-state index in [1.807, 2.05) is 31.2 Å². The maximum Gasteiger partial charge on any atom is 0.191 e. The molecule has 0 fully saturated rings. The zero-order valence-corrected chi connectivity index (χ0v) is 17.0. The molecule has 3 rings (SSSR count). The quantitative estimate of drug-likeness (QED) is 0.567. The second-order valence-electron chi connectivity index (χ2n) is 6.76. The van der Waals surface area contributed by atoms with Crippen molar-refractivity contribution in [3.63, 3.8) is 0 Å². The number of nitrogens with zero attached hydrogens (tertiary/aromatic N) is 1. The third kappa shape index (κ3) is 4.88. The van der Waals surface area contributed by atoms with Gasteiger partial charge in [0.15, 0.2) is 5.96 Å². The van der Waals surface area contributed by atoms with Gasteiger partial charge in [0.1, 0.15) is 23.4 Å². The average molecular weight is 383 g/mol. The zero-order chi connectivity index (χ0) is 19.9. The number of aliphatic imine (C=N–C) groups is 1. The lowest BCUT2D eigenvalue weighted by Crippen LogP contribution is -2.36. The van der Waals surface area contributed by atoms with Gasteiger partial charge in [-0.15, -0.1) is 0 Å². The first-order chi connectivity index (χ1) is 13.6. The third-order valence-corrected chi connectivity index (χ3v) is 4.67. The molecule has 2 N–H and O–H groups in total. The molecule has 1 atom stereocenters. The van der Waals surface area contributed by atoms with Crippen LogP contribution in [0.2, 0.25) is 0 Å². The topological polar surface area (TPSA) is 64.1 Å². The maximum atomic E-state index is 5.90. The van der Waals surface area contributed by atoms with E-state index in [9.17, 15) is 0 Å². The normalized spacial score (nSPS) is 15.6. The molecule has 1 heterocycles. The van der Waals surface area contributed by atoms with Gasteiger partial charge in [0.05, 0.1) is 13.7 Å². The average Bonchev–Trinajstić information content (AvgIpc) is 3.07. The van der Waals surface area contributed by atoms with Gasteiger partial charge >= 0.3 is 0 Å². The molecule has 0 amide bonds. The van der Waals surface area contributed by atoms with Gasteiger partial charge in [-0.3, -0.25) is 4.99 Å². The van der Waals surface area contributed by atoms with Crippen molar-refractivity contribution in [3.05, 3.63) is 53.1 Å². The van der Waals surface area contributed by atoms with Gasteiger partial charge < -0.3 is 24.8 Å². The van der Waals surface area contributed by atoms with Crippen LogP contribution in [0.1, 0.15) is 30.5 Å². The van der Waals surface area contributed by atoms with E-state index >= 15 is 0 Å². The van der Waals surface area contributed by atoms with Crippen molar-refractivity contribution in [2.24, 2.45) is 4.99 Å². The smallest absolute Gasteiger partial charge is 0.191 e. The summed E-state index contributed by atoms with van der Waals surface area (Å²) in [7, 11) is 3.43. The van der Waals surface area contributed by atoms with Crippen LogP contribution in [0.25, 0.3) is 0 Å². The largest absolute Gasteiger partial charge is 0.497 e. The van der Waals surface area contributed by atoms with Gasteiger partial charge in [0.25, 0.3) is 0 Å². The van der Waals surface area contributed by atoms with Crippen molar-refractivity contribution in [2.75, 3.05) is 20.8 Å². The molecule has 2 aromatic carbocycles. The van der Waals surface area contributed by atoms with Gasteiger partial charge in [-0.1, -0.05) is 12.1 Å². The number of guanidine groups is 1. The first-order valence-corrected chi connectivity index (χ1v) is 9.65. The second kappa shape index (κ2) is 9.35. The summed E-state index contributed by atoms with van der Waals surface area (Å²) in [6.07, 6.45) is 1.14. The number of ether oxygens (including phenoxy) is 3. The van der Waals surface area contributed by atoms with Crippen molar-refractivity contribution >= 4 is 5.96 Å². The second-order valence-corrected chi connectivity index (χ2v) is 6.76. The number of nitrogens with one attached hydrogen (secondary N) is 2. The van der Waals surface area contributed by atoms with Gasteiger partial charge in [0.2, 0.25) is 0 Å². The summed E-state index contributed by atoms with van der Waals surface area (Å²) in [5.74, 6) is 3.43. The molecular formula is C22H29N3O3. The van der Waals surface area contributed by atoms with E-state index in [-0.39, 0.29) is 6.10 Å². The standard InChI is InChI=1S/C22H29N3O3/c1-5-27-20-11-17-10-15(2)28-21(17)12-18(20)14-25-22(23-3)24-13-16-6-8-19(26-4)9-7-16/h6-9,11-12,15H,5,10,13-14H2,1-4H3,(H2,23,24,25). The van der Waals surface area contributed by atoms with Crippen molar-refractivity contribution in [1.29, 1.82) is 0 Å². The molecule has 1 aliphatic heterocycles. The minimum Gasteiger partial charge on any atom is -0.497 e. The summed E-state index contributed by atoms with van der Waals surface area (Å²) in [5.41, 5.74) is 3.42. The molecule has 0 aromatic heterocycles. The summed E-state index contributed by atoms with van der Waals surface area (Å²) >= 11 is 0. The Balaban J connectivity index is 1.62. The molecule has 6 heteroatoms. The van der Waals surface area contributed by atoms with Crippen LogP contribution < -0.4 is 24.8 Å². The van der Waals surface area contributed by atoms with Crippen molar-refractivity contribution < 1.29 is 14.2 Å². The van der Waals surface area contributed by atoms with E-state index < -0.39 is 0 Å². The lowest BCUT2D eigenvalue weighted by Gasteiger charge is -2.16. The van der Waals surface area contributed by atoms with E-state index in [2.05, 4.69) is 34.7 Å². The predicted octanol–water partition coefficient (Wildman–Crippen LogP) is 3.28.